The second kappa shape index (κ2) is 6.56. The Balaban J connectivity index is 2.10. The fraction of sp³-hybridized carbons (Fsp3) is 0.200. The number of hydrogen-bond donors (Lipinski definition) is 1. The highest BCUT2D eigenvalue weighted by Crippen LogP contribution is 2.31. The largest absolute Gasteiger partial charge is 0.493 e. The second-order valence-corrected chi connectivity index (χ2v) is 4.10. The van der Waals surface area contributed by atoms with Crippen LogP contribution in [0.5, 0.6) is 11.5 Å². The van der Waals surface area contributed by atoms with Crippen molar-refractivity contribution < 1.29 is 19.4 Å². The molecular formula is C15H15NO4. The maximum atomic E-state index is 11.2. The monoisotopic (exact) mass is 273 g/mol. The van der Waals surface area contributed by atoms with E-state index in [0.717, 1.165) is 5.56 Å². The summed E-state index contributed by atoms with van der Waals surface area (Å²) in [6.07, 6.45) is 4.09. The predicted molar refractivity (Wildman–Crippen MR) is 73.4 cm³/mol. The van der Waals surface area contributed by atoms with Gasteiger partial charge < -0.3 is 14.6 Å². The van der Waals surface area contributed by atoms with E-state index in [-0.39, 0.29) is 11.3 Å². The van der Waals surface area contributed by atoms with Gasteiger partial charge in [0.25, 0.3) is 0 Å². The van der Waals surface area contributed by atoms with Gasteiger partial charge in [-0.05, 0) is 29.8 Å². The van der Waals surface area contributed by atoms with E-state index in [2.05, 4.69) is 4.98 Å². The van der Waals surface area contributed by atoms with Crippen molar-refractivity contribution in [2.24, 2.45) is 0 Å². The second-order valence-electron chi connectivity index (χ2n) is 4.10. The molecule has 1 heterocycles. The number of aromatic carboxylic acids is 1. The van der Waals surface area contributed by atoms with Gasteiger partial charge in [0.15, 0.2) is 11.5 Å². The van der Waals surface area contributed by atoms with Gasteiger partial charge in [0.2, 0.25) is 0 Å². The molecule has 5 nitrogen and oxygen atoms in total. The van der Waals surface area contributed by atoms with Gasteiger partial charge in [-0.2, -0.15) is 0 Å². The van der Waals surface area contributed by atoms with Crippen LogP contribution in [0.1, 0.15) is 15.9 Å². The number of hydrogen-bond acceptors (Lipinski definition) is 4. The SMILES string of the molecule is COc1cccc(C(=O)O)c1OCCc1ccncc1. The van der Waals surface area contributed by atoms with Crippen LogP contribution in [-0.4, -0.2) is 29.8 Å². The van der Waals surface area contributed by atoms with Gasteiger partial charge in [-0.15, -0.1) is 0 Å². The Kier molecular flexibility index (Phi) is 4.55. The quantitative estimate of drug-likeness (QED) is 0.875. The maximum Gasteiger partial charge on any atom is 0.339 e. The molecule has 20 heavy (non-hydrogen) atoms. The number of carbonyl (C=O) groups is 1. The molecule has 0 aliphatic heterocycles. The molecule has 0 atom stereocenters. The Morgan fingerprint density at radius 3 is 2.65 bits per heavy atom. The summed E-state index contributed by atoms with van der Waals surface area (Å²) in [5.74, 6) is -0.362. The van der Waals surface area contributed by atoms with Gasteiger partial charge in [0.05, 0.1) is 13.7 Å². The molecule has 5 heteroatoms. The van der Waals surface area contributed by atoms with Crippen molar-refractivity contribution in [1.82, 2.24) is 4.98 Å². The lowest BCUT2D eigenvalue weighted by molar-refractivity contribution is 0.0691. The van der Waals surface area contributed by atoms with Crippen molar-refractivity contribution >= 4 is 5.97 Å². The minimum Gasteiger partial charge on any atom is -0.493 e. The zero-order valence-electron chi connectivity index (χ0n) is 11.1. The number of ether oxygens (including phenoxy) is 2. The molecule has 0 spiro atoms. The van der Waals surface area contributed by atoms with Crippen molar-refractivity contribution in [3.05, 3.63) is 53.9 Å². The topological polar surface area (TPSA) is 68.7 Å². The maximum absolute atomic E-state index is 11.2. The number of nitrogens with zero attached hydrogens (tertiary/aromatic N) is 1. The van der Waals surface area contributed by atoms with Crippen LogP contribution in [-0.2, 0) is 6.42 Å². The van der Waals surface area contributed by atoms with E-state index in [0.29, 0.717) is 18.8 Å². The molecule has 0 amide bonds. The van der Waals surface area contributed by atoms with Gasteiger partial charge in [0, 0.05) is 18.8 Å². The summed E-state index contributed by atoms with van der Waals surface area (Å²) in [7, 11) is 1.48. The van der Waals surface area contributed by atoms with Crippen molar-refractivity contribution in [3.8, 4) is 11.5 Å². The van der Waals surface area contributed by atoms with Crippen LogP contribution in [0, 0.1) is 0 Å². The molecule has 0 aliphatic carbocycles. The standard InChI is InChI=1S/C15H15NO4/c1-19-13-4-2-3-12(15(17)18)14(13)20-10-7-11-5-8-16-9-6-11/h2-6,8-9H,7,10H2,1H3,(H,17,18). The van der Waals surface area contributed by atoms with Crippen LogP contribution in [0.3, 0.4) is 0 Å². The van der Waals surface area contributed by atoms with Gasteiger partial charge in [-0.25, -0.2) is 4.79 Å². The third-order valence-corrected chi connectivity index (χ3v) is 2.82. The van der Waals surface area contributed by atoms with Crippen molar-refractivity contribution in [2.45, 2.75) is 6.42 Å². The van der Waals surface area contributed by atoms with Crippen molar-refractivity contribution in [3.63, 3.8) is 0 Å². The Labute approximate surface area is 116 Å². The van der Waals surface area contributed by atoms with Gasteiger partial charge >= 0.3 is 5.97 Å². The Bertz CT molecular complexity index is 584. The molecule has 1 N–H and O–H groups in total. The molecule has 0 bridgehead atoms. The molecule has 0 unspecified atom stereocenters. The van der Waals surface area contributed by atoms with E-state index in [1.54, 1.807) is 24.5 Å². The molecule has 104 valence electrons. The fourth-order valence-corrected chi connectivity index (χ4v) is 1.81. The Hall–Kier alpha value is -2.56. The number of rotatable bonds is 6. The first-order valence-electron chi connectivity index (χ1n) is 6.14. The average molecular weight is 273 g/mol. The van der Waals surface area contributed by atoms with Crippen LogP contribution in [0.2, 0.25) is 0 Å². The lowest BCUT2D eigenvalue weighted by atomic mass is 10.2. The summed E-state index contributed by atoms with van der Waals surface area (Å²) >= 11 is 0. The first-order chi connectivity index (χ1) is 9.72. The summed E-state index contributed by atoms with van der Waals surface area (Å²) in [5.41, 5.74) is 1.17. The van der Waals surface area contributed by atoms with Gasteiger partial charge in [0.1, 0.15) is 5.56 Å². The summed E-state index contributed by atoms with van der Waals surface area (Å²) in [6.45, 7) is 0.366. The lowest BCUT2D eigenvalue weighted by Crippen LogP contribution is -2.07. The molecule has 1 aromatic carbocycles. The van der Waals surface area contributed by atoms with Crippen LogP contribution in [0.15, 0.2) is 42.7 Å². The Morgan fingerprint density at radius 2 is 2.00 bits per heavy atom. The molecular weight excluding hydrogens is 258 g/mol. The summed E-state index contributed by atoms with van der Waals surface area (Å²) < 4.78 is 10.7. The summed E-state index contributed by atoms with van der Waals surface area (Å²) in [4.78, 5) is 15.1. The van der Waals surface area contributed by atoms with Crippen molar-refractivity contribution in [1.29, 1.82) is 0 Å². The zero-order chi connectivity index (χ0) is 14.4. The average Bonchev–Trinajstić information content (AvgIpc) is 2.48. The smallest absolute Gasteiger partial charge is 0.339 e. The highest BCUT2D eigenvalue weighted by atomic mass is 16.5. The van der Waals surface area contributed by atoms with Crippen LogP contribution < -0.4 is 9.47 Å². The van der Waals surface area contributed by atoms with E-state index in [1.165, 1.54) is 13.2 Å². The molecule has 2 aromatic rings. The summed E-state index contributed by atoms with van der Waals surface area (Å²) in [5, 5.41) is 9.16. The number of methoxy groups -OCH3 is 1. The van der Waals surface area contributed by atoms with E-state index in [1.807, 2.05) is 12.1 Å². The number of carboxylic acids is 1. The first-order valence-corrected chi connectivity index (χ1v) is 6.14. The lowest BCUT2D eigenvalue weighted by Gasteiger charge is -2.13. The third kappa shape index (κ3) is 3.26. The Morgan fingerprint density at radius 1 is 1.25 bits per heavy atom. The van der Waals surface area contributed by atoms with E-state index in [9.17, 15) is 4.79 Å². The number of pyridine rings is 1. The molecule has 0 radical (unpaired) electrons. The van der Waals surface area contributed by atoms with Crippen molar-refractivity contribution in [2.75, 3.05) is 13.7 Å². The van der Waals surface area contributed by atoms with Gasteiger partial charge in [-0.1, -0.05) is 6.07 Å². The zero-order valence-corrected chi connectivity index (χ0v) is 11.1. The molecule has 0 saturated carbocycles. The predicted octanol–water partition coefficient (Wildman–Crippen LogP) is 2.41. The van der Waals surface area contributed by atoms with Crippen LogP contribution in [0.4, 0.5) is 0 Å². The van der Waals surface area contributed by atoms with E-state index < -0.39 is 5.97 Å². The highest BCUT2D eigenvalue weighted by Gasteiger charge is 2.15. The minimum atomic E-state index is -1.04. The van der Waals surface area contributed by atoms with Crippen LogP contribution >= 0.6 is 0 Å². The van der Waals surface area contributed by atoms with Crippen LogP contribution in [0.25, 0.3) is 0 Å². The van der Waals surface area contributed by atoms with E-state index >= 15 is 0 Å². The van der Waals surface area contributed by atoms with Gasteiger partial charge in [-0.3, -0.25) is 4.98 Å². The minimum absolute atomic E-state index is 0.0964. The van der Waals surface area contributed by atoms with E-state index in [4.69, 9.17) is 14.6 Å². The number of benzene rings is 1. The summed E-state index contributed by atoms with van der Waals surface area (Å²) in [6, 6.07) is 8.58. The normalized spacial score (nSPS) is 10.1. The third-order valence-electron chi connectivity index (χ3n) is 2.82. The molecule has 1 aromatic heterocycles. The fourth-order valence-electron chi connectivity index (χ4n) is 1.81. The molecule has 0 aliphatic rings. The first kappa shape index (κ1) is 13.9. The number of aromatic nitrogens is 1. The number of carboxylic acid groups (broad SMARTS) is 1. The molecule has 0 saturated heterocycles. The molecule has 2 rings (SSSR count). The highest BCUT2D eigenvalue weighted by molar-refractivity contribution is 5.92. The number of para-hydroxylation sites is 1. The molecule has 0 fully saturated rings.